The first-order valence-electron chi connectivity index (χ1n) is 6.68. The van der Waals surface area contributed by atoms with Crippen molar-refractivity contribution in [3.63, 3.8) is 0 Å². The molecule has 1 heterocycles. The van der Waals surface area contributed by atoms with Crippen LogP contribution < -0.4 is 5.32 Å². The smallest absolute Gasteiger partial charge is 0.0561 e. The van der Waals surface area contributed by atoms with Gasteiger partial charge in [-0.3, -0.25) is 0 Å². The lowest BCUT2D eigenvalue weighted by atomic mass is 9.78. The zero-order valence-corrected chi connectivity index (χ0v) is 12.3. The van der Waals surface area contributed by atoms with Gasteiger partial charge < -0.3 is 5.32 Å². The van der Waals surface area contributed by atoms with Gasteiger partial charge in [-0.05, 0) is 42.7 Å². The third-order valence-corrected chi connectivity index (χ3v) is 5.24. The third-order valence-electron chi connectivity index (χ3n) is 3.80. The minimum Gasteiger partial charge on any atom is -0.309 e. The Kier molecular flexibility index (Phi) is 4.89. The van der Waals surface area contributed by atoms with E-state index in [1.165, 1.54) is 30.6 Å². The van der Waals surface area contributed by atoms with Gasteiger partial charge in [0, 0.05) is 10.9 Å². The van der Waals surface area contributed by atoms with Gasteiger partial charge in [-0.1, -0.05) is 38.3 Å². The Morgan fingerprint density at radius 2 is 2.35 bits per heavy atom. The Morgan fingerprint density at radius 1 is 1.53 bits per heavy atom. The molecule has 0 amide bonds. The first kappa shape index (κ1) is 13.4. The molecule has 0 spiro atoms. The van der Waals surface area contributed by atoms with E-state index >= 15 is 0 Å². The van der Waals surface area contributed by atoms with Crippen molar-refractivity contribution in [2.24, 2.45) is 11.8 Å². The topological polar surface area (TPSA) is 12.0 Å². The van der Waals surface area contributed by atoms with Crippen LogP contribution in [0, 0.1) is 11.8 Å². The summed E-state index contributed by atoms with van der Waals surface area (Å²) in [7, 11) is 0. The second kappa shape index (κ2) is 6.21. The molecule has 0 aromatic carbocycles. The Hall–Kier alpha value is -0.0500. The van der Waals surface area contributed by atoms with Gasteiger partial charge in [0.25, 0.3) is 0 Å². The molecule has 1 nitrogen and oxygen atoms in total. The van der Waals surface area contributed by atoms with Crippen LogP contribution in [0.1, 0.15) is 50.4 Å². The molecule has 0 radical (unpaired) electrons. The van der Waals surface area contributed by atoms with Crippen molar-refractivity contribution in [3.8, 4) is 0 Å². The SMILES string of the molecule is CCNC(c1sccc1Cl)C1CCCC(C)C1. The highest BCUT2D eigenvalue weighted by molar-refractivity contribution is 7.10. The first-order chi connectivity index (χ1) is 8.22. The van der Waals surface area contributed by atoms with Crippen LogP contribution >= 0.6 is 22.9 Å². The molecule has 0 saturated heterocycles. The molecule has 3 unspecified atom stereocenters. The van der Waals surface area contributed by atoms with Gasteiger partial charge in [0.15, 0.2) is 0 Å². The van der Waals surface area contributed by atoms with Crippen LogP contribution in [0.3, 0.4) is 0 Å². The van der Waals surface area contributed by atoms with Crippen molar-refractivity contribution in [3.05, 3.63) is 21.3 Å². The fraction of sp³-hybridized carbons (Fsp3) is 0.714. The van der Waals surface area contributed by atoms with Gasteiger partial charge in [-0.15, -0.1) is 11.3 Å². The third kappa shape index (κ3) is 3.24. The molecule has 3 atom stereocenters. The Morgan fingerprint density at radius 3 is 2.94 bits per heavy atom. The van der Waals surface area contributed by atoms with Crippen LogP contribution in [-0.2, 0) is 0 Å². The summed E-state index contributed by atoms with van der Waals surface area (Å²) in [4.78, 5) is 1.34. The molecule has 0 aliphatic heterocycles. The van der Waals surface area contributed by atoms with Crippen LogP contribution in [0.4, 0.5) is 0 Å². The number of hydrogen-bond donors (Lipinski definition) is 1. The normalized spacial score (nSPS) is 27.0. The Labute approximate surface area is 114 Å². The van der Waals surface area contributed by atoms with E-state index < -0.39 is 0 Å². The van der Waals surface area contributed by atoms with E-state index in [1.54, 1.807) is 11.3 Å². The summed E-state index contributed by atoms with van der Waals surface area (Å²) < 4.78 is 0. The lowest BCUT2D eigenvalue weighted by molar-refractivity contribution is 0.227. The van der Waals surface area contributed by atoms with Crippen molar-refractivity contribution < 1.29 is 0 Å². The predicted molar refractivity (Wildman–Crippen MR) is 76.9 cm³/mol. The minimum atomic E-state index is 0.468. The summed E-state index contributed by atoms with van der Waals surface area (Å²) in [6.45, 7) is 5.58. The molecular weight excluding hydrogens is 250 g/mol. The standard InChI is InChI=1S/C14H22ClNS/c1-3-16-13(14-12(15)7-8-17-14)11-6-4-5-10(2)9-11/h7-8,10-11,13,16H,3-6,9H2,1-2H3. The van der Waals surface area contributed by atoms with Crippen LogP contribution in [-0.4, -0.2) is 6.54 Å². The largest absolute Gasteiger partial charge is 0.309 e. The van der Waals surface area contributed by atoms with E-state index in [4.69, 9.17) is 11.6 Å². The van der Waals surface area contributed by atoms with Crippen molar-refractivity contribution in [2.75, 3.05) is 6.54 Å². The summed E-state index contributed by atoms with van der Waals surface area (Å²) in [5.74, 6) is 1.63. The fourth-order valence-electron chi connectivity index (χ4n) is 3.00. The molecule has 1 fully saturated rings. The summed E-state index contributed by atoms with van der Waals surface area (Å²) in [5, 5.41) is 6.69. The van der Waals surface area contributed by atoms with Gasteiger partial charge in [0.05, 0.1) is 5.02 Å². The molecule has 1 aliphatic carbocycles. The fourth-order valence-corrected chi connectivity index (χ4v) is 4.35. The van der Waals surface area contributed by atoms with E-state index in [1.807, 2.05) is 6.07 Å². The summed E-state index contributed by atoms with van der Waals surface area (Å²) in [5.41, 5.74) is 0. The summed E-state index contributed by atoms with van der Waals surface area (Å²) in [6.07, 6.45) is 5.45. The highest BCUT2D eigenvalue weighted by atomic mass is 35.5. The molecule has 3 heteroatoms. The van der Waals surface area contributed by atoms with Crippen LogP contribution in [0.5, 0.6) is 0 Å². The van der Waals surface area contributed by atoms with Crippen LogP contribution in [0.15, 0.2) is 11.4 Å². The molecule has 2 rings (SSSR count). The highest BCUT2D eigenvalue weighted by Crippen LogP contribution is 2.41. The quantitative estimate of drug-likeness (QED) is 0.823. The van der Waals surface area contributed by atoms with Crippen molar-refractivity contribution >= 4 is 22.9 Å². The van der Waals surface area contributed by atoms with Gasteiger partial charge in [-0.25, -0.2) is 0 Å². The molecule has 96 valence electrons. The Bertz CT molecular complexity index is 350. The zero-order valence-electron chi connectivity index (χ0n) is 10.7. The van der Waals surface area contributed by atoms with Crippen molar-refractivity contribution in [2.45, 2.75) is 45.6 Å². The maximum atomic E-state index is 6.30. The van der Waals surface area contributed by atoms with E-state index in [9.17, 15) is 0 Å². The van der Waals surface area contributed by atoms with E-state index in [2.05, 4.69) is 24.5 Å². The summed E-state index contributed by atoms with van der Waals surface area (Å²) >= 11 is 8.09. The maximum Gasteiger partial charge on any atom is 0.0561 e. The number of thiophene rings is 1. The molecule has 1 N–H and O–H groups in total. The van der Waals surface area contributed by atoms with Gasteiger partial charge in [0.2, 0.25) is 0 Å². The molecule has 1 aromatic heterocycles. The molecule has 17 heavy (non-hydrogen) atoms. The van der Waals surface area contributed by atoms with Gasteiger partial charge in [0.1, 0.15) is 0 Å². The number of nitrogens with one attached hydrogen (secondary N) is 1. The number of rotatable bonds is 4. The second-order valence-corrected chi connectivity index (χ2v) is 6.55. The summed E-state index contributed by atoms with van der Waals surface area (Å²) in [6, 6.07) is 2.49. The lowest BCUT2D eigenvalue weighted by Gasteiger charge is -2.33. The Balaban J connectivity index is 2.14. The molecular formula is C14H22ClNS. The molecule has 1 saturated carbocycles. The monoisotopic (exact) mass is 271 g/mol. The van der Waals surface area contributed by atoms with Crippen molar-refractivity contribution in [1.29, 1.82) is 0 Å². The predicted octanol–water partition coefficient (Wildman–Crippen LogP) is 4.88. The first-order valence-corrected chi connectivity index (χ1v) is 7.94. The maximum absolute atomic E-state index is 6.30. The molecule has 1 aromatic rings. The number of hydrogen-bond acceptors (Lipinski definition) is 2. The van der Waals surface area contributed by atoms with E-state index in [0.29, 0.717) is 6.04 Å². The minimum absolute atomic E-state index is 0.468. The van der Waals surface area contributed by atoms with E-state index in [0.717, 1.165) is 23.4 Å². The molecule has 0 bridgehead atoms. The average Bonchev–Trinajstić information content (AvgIpc) is 2.72. The van der Waals surface area contributed by atoms with E-state index in [-0.39, 0.29) is 0 Å². The number of halogens is 1. The van der Waals surface area contributed by atoms with Gasteiger partial charge >= 0.3 is 0 Å². The zero-order chi connectivity index (χ0) is 12.3. The average molecular weight is 272 g/mol. The lowest BCUT2D eigenvalue weighted by Crippen LogP contribution is -2.30. The van der Waals surface area contributed by atoms with Gasteiger partial charge in [-0.2, -0.15) is 0 Å². The highest BCUT2D eigenvalue weighted by Gasteiger charge is 2.29. The molecule has 1 aliphatic rings. The second-order valence-electron chi connectivity index (χ2n) is 5.20. The van der Waals surface area contributed by atoms with Crippen LogP contribution in [0.25, 0.3) is 0 Å². The van der Waals surface area contributed by atoms with Crippen LogP contribution in [0.2, 0.25) is 5.02 Å². The van der Waals surface area contributed by atoms with Crippen molar-refractivity contribution in [1.82, 2.24) is 5.32 Å².